The molecule has 0 amide bonds. The van der Waals surface area contributed by atoms with Gasteiger partial charge in [0.2, 0.25) is 5.95 Å². The second-order valence-corrected chi connectivity index (χ2v) is 4.05. The summed E-state index contributed by atoms with van der Waals surface area (Å²) in [6.45, 7) is 5.26. The van der Waals surface area contributed by atoms with Gasteiger partial charge in [0, 0.05) is 50.9 Å². The number of anilines is 1. The molecule has 2 rings (SSSR count). The van der Waals surface area contributed by atoms with Gasteiger partial charge in [-0.3, -0.25) is 4.90 Å². The first-order valence-corrected chi connectivity index (χ1v) is 5.88. The van der Waals surface area contributed by atoms with E-state index in [2.05, 4.69) is 32.4 Å². The topological polar surface area (TPSA) is 32.3 Å². The maximum atomic E-state index is 4.25. The Bertz CT molecular complexity index is 285. The van der Waals surface area contributed by atoms with Crippen LogP contribution in [0.2, 0.25) is 0 Å². The Balaban J connectivity index is 1.88. The molecule has 0 aromatic carbocycles. The van der Waals surface area contributed by atoms with Crippen LogP contribution in [0.5, 0.6) is 0 Å². The van der Waals surface area contributed by atoms with E-state index >= 15 is 0 Å². The molecule has 82 valence electrons. The van der Waals surface area contributed by atoms with E-state index in [0.717, 1.165) is 44.4 Å². The average Bonchev–Trinajstić information content (AvgIpc) is 2.32. The molecule has 15 heavy (non-hydrogen) atoms. The van der Waals surface area contributed by atoms with Crippen molar-refractivity contribution in [3.05, 3.63) is 18.5 Å². The molecule has 1 saturated heterocycles. The summed E-state index contributed by atoms with van der Waals surface area (Å²) in [5.74, 6) is 1.78. The van der Waals surface area contributed by atoms with Crippen molar-refractivity contribution in [3.8, 4) is 0 Å². The normalized spacial score (nSPS) is 18.1. The number of hydrogen-bond donors (Lipinski definition) is 1. The molecule has 1 aromatic heterocycles. The lowest BCUT2D eigenvalue weighted by Crippen LogP contribution is -2.47. The summed E-state index contributed by atoms with van der Waals surface area (Å²) in [5, 5.41) is 0. The molecule has 0 bridgehead atoms. The van der Waals surface area contributed by atoms with Crippen LogP contribution in [-0.4, -0.2) is 53.3 Å². The van der Waals surface area contributed by atoms with Crippen molar-refractivity contribution < 1.29 is 0 Å². The summed E-state index contributed by atoms with van der Waals surface area (Å²) < 4.78 is 0. The number of rotatable bonds is 3. The molecular formula is C10H16N4S. The van der Waals surface area contributed by atoms with Gasteiger partial charge in [-0.2, -0.15) is 12.6 Å². The van der Waals surface area contributed by atoms with Crippen LogP contribution in [0.3, 0.4) is 0 Å². The fourth-order valence-electron chi connectivity index (χ4n) is 1.77. The molecule has 2 heterocycles. The van der Waals surface area contributed by atoms with Gasteiger partial charge in [0.15, 0.2) is 0 Å². The van der Waals surface area contributed by atoms with E-state index in [4.69, 9.17) is 0 Å². The Labute approximate surface area is 95.7 Å². The molecular weight excluding hydrogens is 208 g/mol. The van der Waals surface area contributed by atoms with Gasteiger partial charge in [-0.15, -0.1) is 0 Å². The first-order valence-electron chi connectivity index (χ1n) is 5.25. The van der Waals surface area contributed by atoms with Crippen molar-refractivity contribution in [3.63, 3.8) is 0 Å². The predicted octanol–water partition coefficient (Wildman–Crippen LogP) is 0.528. The molecule has 0 atom stereocenters. The third kappa shape index (κ3) is 2.82. The van der Waals surface area contributed by atoms with Gasteiger partial charge in [-0.1, -0.05) is 0 Å². The van der Waals surface area contributed by atoms with E-state index in [-0.39, 0.29) is 0 Å². The summed E-state index contributed by atoms with van der Waals surface area (Å²) in [6, 6.07) is 1.85. The zero-order chi connectivity index (χ0) is 10.5. The largest absolute Gasteiger partial charge is 0.338 e. The minimum absolute atomic E-state index is 0.850. The third-order valence-electron chi connectivity index (χ3n) is 2.62. The van der Waals surface area contributed by atoms with Gasteiger partial charge in [0.25, 0.3) is 0 Å². The van der Waals surface area contributed by atoms with Gasteiger partial charge in [0.1, 0.15) is 0 Å². The summed E-state index contributed by atoms with van der Waals surface area (Å²) in [6.07, 6.45) is 3.59. The molecule has 0 aliphatic carbocycles. The first-order chi connectivity index (χ1) is 7.40. The van der Waals surface area contributed by atoms with Crippen LogP contribution in [0.15, 0.2) is 18.5 Å². The molecule has 1 aliphatic rings. The van der Waals surface area contributed by atoms with Crippen molar-refractivity contribution in [2.75, 3.05) is 43.4 Å². The van der Waals surface area contributed by atoms with E-state index in [1.807, 2.05) is 6.07 Å². The molecule has 1 aromatic rings. The highest BCUT2D eigenvalue weighted by atomic mass is 32.1. The van der Waals surface area contributed by atoms with Crippen molar-refractivity contribution in [1.29, 1.82) is 0 Å². The number of nitrogens with zero attached hydrogens (tertiary/aromatic N) is 4. The molecule has 1 fully saturated rings. The standard InChI is InChI=1S/C10H16N4S/c15-9-8-13-4-6-14(7-5-13)10-11-2-1-3-12-10/h1-3,15H,4-9H2. The van der Waals surface area contributed by atoms with Crippen LogP contribution in [0.25, 0.3) is 0 Å². The van der Waals surface area contributed by atoms with Gasteiger partial charge < -0.3 is 4.90 Å². The van der Waals surface area contributed by atoms with Crippen molar-refractivity contribution in [2.45, 2.75) is 0 Å². The van der Waals surface area contributed by atoms with E-state index in [1.54, 1.807) is 12.4 Å². The highest BCUT2D eigenvalue weighted by Crippen LogP contribution is 2.09. The quantitative estimate of drug-likeness (QED) is 0.759. The number of aromatic nitrogens is 2. The van der Waals surface area contributed by atoms with Crippen LogP contribution < -0.4 is 4.90 Å². The lowest BCUT2D eigenvalue weighted by molar-refractivity contribution is 0.272. The van der Waals surface area contributed by atoms with Gasteiger partial charge in [-0.05, 0) is 6.07 Å². The van der Waals surface area contributed by atoms with Gasteiger partial charge >= 0.3 is 0 Å². The fourth-order valence-corrected chi connectivity index (χ4v) is 2.05. The minimum Gasteiger partial charge on any atom is -0.338 e. The molecule has 0 unspecified atom stereocenters. The monoisotopic (exact) mass is 224 g/mol. The average molecular weight is 224 g/mol. The van der Waals surface area contributed by atoms with Crippen LogP contribution >= 0.6 is 12.6 Å². The number of piperazine rings is 1. The van der Waals surface area contributed by atoms with E-state index < -0.39 is 0 Å². The second-order valence-electron chi connectivity index (χ2n) is 3.60. The van der Waals surface area contributed by atoms with Crippen LogP contribution in [0, 0.1) is 0 Å². The van der Waals surface area contributed by atoms with Crippen molar-refractivity contribution >= 4 is 18.6 Å². The molecule has 0 saturated carbocycles. The number of thiol groups is 1. The van der Waals surface area contributed by atoms with E-state index in [1.165, 1.54) is 0 Å². The minimum atomic E-state index is 0.850. The molecule has 1 aliphatic heterocycles. The smallest absolute Gasteiger partial charge is 0.225 e. The van der Waals surface area contributed by atoms with Crippen LogP contribution in [0.1, 0.15) is 0 Å². The Hall–Kier alpha value is -0.810. The van der Waals surface area contributed by atoms with E-state index in [0.29, 0.717) is 0 Å². The van der Waals surface area contributed by atoms with E-state index in [9.17, 15) is 0 Å². The summed E-state index contributed by atoms with van der Waals surface area (Å²) >= 11 is 4.24. The third-order valence-corrected chi connectivity index (χ3v) is 2.82. The Morgan fingerprint density at radius 2 is 1.80 bits per heavy atom. The maximum Gasteiger partial charge on any atom is 0.225 e. The number of hydrogen-bond acceptors (Lipinski definition) is 5. The Morgan fingerprint density at radius 1 is 1.13 bits per heavy atom. The molecule has 4 nitrogen and oxygen atoms in total. The molecule has 0 N–H and O–H groups in total. The SMILES string of the molecule is SCCN1CCN(c2ncccn2)CC1. The van der Waals surface area contributed by atoms with Gasteiger partial charge in [-0.25, -0.2) is 9.97 Å². The highest BCUT2D eigenvalue weighted by Gasteiger charge is 2.17. The Morgan fingerprint density at radius 3 is 2.40 bits per heavy atom. The van der Waals surface area contributed by atoms with Crippen LogP contribution in [-0.2, 0) is 0 Å². The van der Waals surface area contributed by atoms with Crippen molar-refractivity contribution in [2.24, 2.45) is 0 Å². The lowest BCUT2D eigenvalue weighted by atomic mass is 10.3. The maximum absolute atomic E-state index is 4.25. The van der Waals surface area contributed by atoms with Crippen molar-refractivity contribution in [1.82, 2.24) is 14.9 Å². The highest BCUT2D eigenvalue weighted by molar-refractivity contribution is 7.80. The summed E-state index contributed by atoms with van der Waals surface area (Å²) in [7, 11) is 0. The summed E-state index contributed by atoms with van der Waals surface area (Å²) in [4.78, 5) is 13.2. The fraction of sp³-hybridized carbons (Fsp3) is 0.600. The Kier molecular flexibility index (Phi) is 3.80. The van der Waals surface area contributed by atoms with Crippen LogP contribution in [0.4, 0.5) is 5.95 Å². The zero-order valence-electron chi connectivity index (χ0n) is 8.71. The zero-order valence-corrected chi connectivity index (χ0v) is 9.61. The second kappa shape index (κ2) is 5.32. The molecule has 5 heteroatoms. The van der Waals surface area contributed by atoms with Gasteiger partial charge in [0.05, 0.1) is 0 Å². The predicted molar refractivity (Wildman–Crippen MR) is 64.5 cm³/mol. The lowest BCUT2D eigenvalue weighted by Gasteiger charge is -2.34. The first kappa shape index (κ1) is 10.7. The molecule has 0 radical (unpaired) electrons. The summed E-state index contributed by atoms with van der Waals surface area (Å²) in [5.41, 5.74) is 0. The molecule has 0 spiro atoms.